The second-order valence-corrected chi connectivity index (χ2v) is 4.81. The standard InChI is InChI=1S/C12H17N3OS/c13-11(17)8-4-3-7-14-12(8)15-9-5-1-2-6-10(9)16/h3-4,7,9-10,16H,1-2,5-6H2,(H2,13,17)(H,14,15). The van der Waals surface area contributed by atoms with E-state index in [1.807, 2.05) is 6.07 Å². The Morgan fingerprint density at radius 3 is 2.94 bits per heavy atom. The number of hydrogen-bond acceptors (Lipinski definition) is 4. The molecule has 1 heterocycles. The van der Waals surface area contributed by atoms with Gasteiger partial charge in [0.25, 0.3) is 0 Å². The lowest BCUT2D eigenvalue weighted by atomic mass is 9.92. The maximum atomic E-state index is 9.91. The fraction of sp³-hybridized carbons (Fsp3) is 0.500. The number of aliphatic hydroxyl groups is 1. The Hall–Kier alpha value is -1.20. The van der Waals surface area contributed by atoms with Crippen LogP contribution in [0.2, 0.25) is 0 Å². The van der Waals surface area contributed by atoms with E-state index in [9.17, 15) is 5.11 Å². The van der Waals surface area contributed by atoms with Crippen LogP contribution in [0.15, 0.2) is 18.3 Å². The van der Waals surface area contributed by atoms with Crippen molar-refractivity contribution in [3.63, 3.8) is 0 Å². The minimum absolute atomic E-state index is 0.0479. The minimum atomic E-state index is -0.315. The van der Waals surface area contributed by atoms with Crippen LogP contribution in [-0.2, 0) is 0 Å². The van der Waals surface area contributed by atoms with Gasteiger partial charge in [0.05, 0.1) is 17.7 Å². The lowest BCUT2D eigenvalue weighted by molar-refractivity contribution is 0.116. The summed E-state index contributed by atoms with van der Waals surface area (Å²) in [4.78, 5) is 4.56. The van der Waals surface area contributed by atoms with Crippen LogP contribution < -0.4 is 11.1 Å². The number of nitrogens with two attached hydrogens (primary N) is 1. The van der Waals surface area contributed by atoms with Crippen molar-refractivity contribution >= 4 is 23.0 Å². The fourth-order valence-corrected chi connectivity index (χ4v) is 2.34. The summed E-state index contributed by atoms with van der Waals surface area (Å²) in [5, 5.41) is 13.2. The highest BCUT2D eigenvalue weighted by molar-refractivity contribution is 7.80. The summed E-state index contributed by atoms with van der Waals surface area (Å²) in [6.45, 7) is 0. The molecule has 0 radical (unpaired) electrons. The van der Waals surface area contributed by atoms with Crippen LogP contribution in [0.1, 0.15) is 31.2 Å². The number of nitrogens with one attached hydrogen (secondary N) is 1. The van der Waals surface area contributed by atoms with Crippen LogP contribution in [0.4, 0.5) is 5.82 Å². The predicted octanol–water partition coefficient (Wildman–Crippen LogP) is 1.43. The normalized spacial score (nSPS) is 24.3. The number of hydrogen-bond donors (Lipinski definition) is 3. The largest absolute Gasteiger partial charge is 0.391 e. The highest BCUT2D eigenvalue weighted by Crippen LogP contribution is 2.22. The summed E-state index contributed by atoms with van der Waals surface area (Å²) < 4.78 is 0. The van der Waals surface area contributed by atoms with Gasteiger partial charge in [0.15, 0.2) is 0 Å². The maximum absolute atomic E-state index is 9.91. The van der Waals surface area contributed by atoms with Gasteiger partial charge < -0.3 is 16.2 Å². The molecule has 2 rings (SSSR count). The average Bonchev–Trinajstić information content (AvgIpc) is 2.32. The lowest BCUT2D eigenvalue weighted by Gasteiger charge is -2.29. The summed E-state index contributed by atoms with van der Waals surface area (Å²) in [5.41, 5.74) is 6.38. The molecule has 1 fully saturated rings. The van der Waals surface area contributed by atoms with E-state index in [4.69, 9.17) is 18.0 Å². The van der Waals surface area contributed by atoms with Crippen LogP contribution >= 0.6 is 12.2 Å². The van der Waals surface area contributed by atoms with Crippen molar-refractivity contribution < 1.29 is 5.11 Å². The Labute approximate surface area is 106 Å². The molecule has 0 bridgehead atoms. The first kappa shape index (κ1) is 12.3. The average molecular weight is 251 g/mol. The van der Waals surface area contributed by atoms with E-state index < -0.39 is 0 Å². The van der Waals surface area contributed by atoms with Gasteiger partial charge in [-0.05, 0) is 25.0 Å². The van der Waals surface area contributed by atoms with Crippen LogP contribution in [0.5, 0.6) is 0 Å². The number of rotatable bonds is 3. The molecule has 2 unspecified atom stereocenters. The van der Waals surface area contributed by atoms with Gasteiger partial charge >= 0.3 is 0 Å². The first-order valence-corrected chi connectivity index (χ1v) is 6.28. The summed E-state index contributed by atoms with van der Waals surface area (Å²) in [5.74, 6) is 0.672. The zero-order valence-corrected chi connectivity index (χ0v) is 10.4. The van der Waals surface area contributed by atoms with Crippen LogP contribution in [0, 0.1) is 0 Å². The number of nitrogens with zero attached hydrogens (tertiary/aromatic N) is 1. The number of pyridine rings is 1. The van der Waals surface area contributed by atoms with Crippen molar-refractivity contribution in [2.45, 2.75) is 37.8 Å². The van der Waals surface area contributed by atoms with Crippen LogP contribution in [0.25, 0.3) is 0 Å². The molecule has 0 spiro atoms. The second kappa shape index (κ2) is 5.42. The number of thiocarbonyl (C=S) groups is 1. The van der Waals surface area contributed by atoms with Gasteiger partial charge in [-0.2, -0.15) is 0 Å². The Morgan fingerprint density at radius 2 is 2.24 bits per heavy atom. The van der Waals surface area contributed by atoms with E-state index in [1.165, 1.54) is 0 Å². The summed E-state index contributed by atoms with van der Waals surface area (Å²) >= 11 is 4.98. The smallest absolute Gasteiger partial charge is 0.136 e. The molecule has 5 heteroatoms. The number of anilines is 1. The third-order valence-corrected chi connectivity index (χ3v) is 3.34. The minimum Gasteiger partial charge on any atom is -0.391 e. The second-order valence-electron chi connectivity index (χ2n) is 4.37. The highest BCUT2D eigenvalue weighted by Gasteiger charge is 2.23. The summed E-state index contributed by atoms with van der Waals surface area (Å²) in [7, 11) is 0. The third-order valence-electron chi connectivity index (χ3n) is 3.12. The molecular weight excluding hydrogens is 234 g/mol. The molecule has 17 heavy (non-hydrogen) atoms. The van der Waals surface area contributed by atoms with Crippen molar-refractivity contribution in [3.05, 3.63) is 23.9 Å². The van der Waals surface area contributed by atoms with Crippen molar-refractivity contribution in [2.75, 3.05) is 5.32 Å². The molecule has 0 aromatic carbocycles. The molecule has 1 aromatic heterocycles. The van der Waals surface area contributed by atoms with Gasteiger partial charge in [0.1, 0.15) is 10.8 Å². The van der Waals surface area contributed by atoms with Crippen LogP contribution in [-0.4, -0.2) is 27.2 Å². The van der Waals surface area contributed by atoms with Gasteiger partial charge in [-0.15, -0.1) is 0 Å². The lowest BCUT2D eigenvalue weighted by Crippen LogP contribution is -2.37. The fourth-order valence-electron chi connectivity index (χ4n) is 2.17. The number of aliphatic hydroxyl groups excluding tert-OH is 1. The topological polar surface area (TPSA) is 71.2 Å². The zero-order valence-electron chi connectivity index (χ0n) is 9.60. The van der Waals surface area contributed by atoms with E-state index in [1.54, 1.807) is 12.3 Å². The Kier molecular flexibility index (Phi) is 3.91. The first-order valence-electron chi connectivity index (χ1n) is 5.88. The molecule has 92 valence electrons. The van der Waals surface area contributed by atoms with E-state index >= 15 is 0 Å². The molecule has 1 saturated carbocycles. The Balaban J connectivity index is 2.14. The molecule has 0 saturated heterocycles. The van der Waals surface area contributed by atoms with E-state index in [0.717, 1.165) is 31.2 Å². The van der Waals surface area contributed by atoms with Gasteiger partial charge in [0.2, 0.25) is 0 Å². The predicted molar refractivity (Wildman–Crippen MR) is 72.0 cm³/mol. The van der Waals surface area contributed by atoms with E-state index in [2.05, 4.69) is 10.3 Å². The van der Waals surface area contributed by atoms with Crippen molar-refractivity contribution in [1.82, 2.24) is 4.98 Å². The van der Waals surface area contributed by atoms with Crippen LogP contribution in [0.3, 0.4) is 0 Å². The SMILES string of the molecule is NC(=S)c1cccnc1NC1CCCCC1O. The van der Waals surface area contributed by atoms with Crippen molar-refractivity contribution in [1.29, 1.82) is 0 Å². The molecule has 1 aliphatic rings. The Bertz CT molecular complexity index is 410. The molecule has 0 aliphatic heterocycles. The molecule has 4 nitrogen and oxygen atoms in total. The van der Waals surface area contributed by atoms with Gasteiger partial charge in [-0.3, -0.25) is 0 Å². The van der Waals surface area contributed by atoms with E-state index in [0.29, 0.717) is 10.8 Å². The van der Waals surface area contributed by atoms with Crippen molar-refractivity contribution in [2.24, 2.45) is 5.73 Å². The molecule has 1 aliphatic carbocycles. The molecule has 0 amide bonds. The summed E-state index contributed by atoms with van der Waals surface area (Å²) in [6, 6.07) is 3.69. The molecule has 2 atom stereocenters. The Morgan fingerprint density at radius 1 is 1.47 bits per heavy atom. The quantitative estimate of drug-likeness (QED) is 0.709. The zero-order chi connectivity index (χ0) is 12.3. The van der Waals surface area contributed by atoms with Gasteiger partial charge in [-0.1, -0.05) is 25.1 Å². The highest BCUT2D eigenvalue weighted by atomic mass is 32.1. The van der Waals surface area contributed by atoms with E-state index in [-0.39, 0.29) is 12.1 Å². The number of aromatic nitrogens is 1. The van der Waals surface area contributed by atoms with Gasteiger partial charge in [-0.25, -0.2) is 4.98 Å². The first-order chi connectivity index (χ1) is 8.18. The van der Waals surface area contributed by atoms with Crippen molar-refractivity contribution in [3.8, 4) is 0 Å². The monoisotopic (exact) mass is 251 g/mol. The third kappa shape index (κ3) is 2.92. The maximum Gasteiger partial charge on any atom is 0.136 e. The van der Waals surface area contributed by atoms with Gasteiger partial charge in [0, 0.05) is 6.20 Å². The molecule has 1 aromatic rings. The summed E-state index contributed by atoms with van der Waals surface area (Å²) in [6.07, 6.45) is 5.39. The molecule has 4 N–H and O–H groups in total. The molecular formula is C12H17N3OS.